The van der Waals surface area contributed by atoms with Gasteiger partial charge in [-0.25, -0.2) is 0 Å². The van der Waals surface area contributed by atoms with Crippen LogP contribution in [0.2, 0.25) is 5.04 Å². The summed E-state index contributed by atoms with van der Waals surface area (Å²) in [7, 11) is -2.46. The van der Waals surface area contributed by atoms with Crippen LogP contribution in [0, 0.1) is 0 Å². The smallest absolute Gasteiger partial charge is 0.261 e. The molecular formula is C20H29NOSi. The fourth-order valence-electron chi connectivity index (χ4n) is 3.08. The molecule has 0 radical (unpaired) electrons. The van der Waals surface area contributed by atoms with Gasteiger partial charge in [0.1, 0.15) is 0 Å². The third kappa shape index (κ3) is 3.57. The van der Waals surface area contributed by atoms with Gasteiger partial charge in [0, 0.05) is 6.04 Å². The van der Waals surface area contributed by atoms with E-state index in [1.165, 1.54) is 10.4 Å². The van der Waals surface area contributed by atoms with Gasteiger partial charge in [0.2, 0.25) is 0 Å². The van der Waals surface area contributed by atoms with Gasteiger partial charge in [-0.15, -0.1) is 0 Å². The van der Waals surface area contributed by atoms with Gasteiger partial charge in [0.05, 0.1) is 6.10 Å². The molecule has 2 rings (SSSR count). The Balaban J connectivity index is 2.69. The lowest BCUT2D eigenvalue weighted by atomic mass is 10.2. The van der Waals surface area contributed by atoms with E-state index in [1.807, 2.05) is 6.92 Å². The van der Waals surface area contributed by atoms with Gasteiger partial charge in [0.15, 0.2) is 0 Å². The van der Waals surface area contributed by atoms with Gasteiger partial charge in [-0.05, 0) is 29.3 Å². The first kappa shape index (κ1) is 17.9. The Bertz CT molecular complexity index is 565. The Hall–Kier alpha value is -1.42. The Morgan fingerprint density at radius 2 is 1.22 bits per heavy atom. The lowest BCUT2D eigenvalue weighted by molar-refractivity contribution is 0.183. The van der Waals surface area contributed by atoms with E-state index in [1.54, 1.807) is 0 Å². The van der Waals surface area contributed by atoms with E-state index in [0.29, 0.717) is 0 Å². The zero-order valence-electron chi connectivity index (χ0n) is 14.9. The number of hydrogen-bond acceptors (Lipinski definition) is 2. The van der Waals surface area contributed by atoms with E-state index >= 15 is 0 Å². The van der Waals surface area contributed by atoms with Crippen molar-refractivity contribution in [1.29, 1.82) is 0 Å². The van der Waals surface area contributed by atoms with Crippen molar-refractivity contribution < 1.29 is 4.43 Å². The third-order valence-electron chi connectivity index (χ3n) is 4.52. The summed E-state index contributed by atoms with van der Waals surface area (Å²) < 4.78 is 6.85. The maximum absolute atomic E-state index is 6.85. The molecule has 2 aromatic rings. The lowest BCUT2D eigenvalue weighted by Crippen LogP contribution is -2.68. The fourth-order valence-corrected chi connectivity index (χ4v) is 7.86. The summed E-state index contributed by atoms with van der Waals surface area (Å²) in [6.45, 7) is 11.0. The molecule has 2 nitrogen and oxygen atoms in total. The molecule has 23 heavy (non-hydrogen) atoms. The molecule has 0 fully saturated rings. The van der Waals surface area contributed by atoms with Crippen molar-refractivity contribution in [3.63, 3.8) is 0 Å². The number of benzene rings is 2. The third-order valence-corrected chi connectivity index (χ3v) is 9.65. The summed E-state index contributed by atoms with van der Waals surface area (Å²) in [5, 5.41) is 2.59. The zero-order valence-corrected chi connectivity index (χ0v) is 15.9. The van der Waals surface area contributed by atoms with Gasteiger partial charge in [-0.3, -0.25) is 0 Å². The van der Waals surface area contributed by atoms with Crippen LogP contribution in [0.15, 0.2) is 60.7 Å². The van der Waals surface area contributed by atoms with Crippen LogP contribution >= 0.6 is 0 Å². The minimum absolute atomic E-state index is 0.00113. The average Bonchev–Trinajstić information content (AvgIpc) is 2.52. The average molecular weight is 328 g/mol. The summed E-state index contributed by atoms with van der Waals surface area (Å²) in [5.41, 5.74) is 6.14. The van der Waals surface area contributed by atoms with Crippen molar-refractivity contribution in [3.05, 3.63) is 60.7 Å². The molecule has 0 saturated carbocycles. The van der Waals surface area contributed by atoms with Crippen LogP contribution in [0.1, 0.15) is 34.6 Å². The molecule has 0 aliphatic rings. The van der Waals surface area contributed by atoms with Gasteiger partial charge >= 0.3 is 0 Å². The molecule has 0 heterocycles. The molecule has 0 aliphatic carbocycles. The molecule has 2 atom stereocenters. The molecule has 0 amide bonds. The van der Waals surface area contributed by atoms with Crippen molar-refractivity contribution in [1.82, 2.24) is 0 Å². The molecule has 124 valence electrons. The van der Waals surface area contributed by atoms with Crippen LogP contribution in [0.5, 0.6) is 0 Å². The van der Waals surface area contributed by atoms with Crippen molar-refractivity contribution >= 4 is 18.7 Å². The van der Waals surface area contributed by atoms with E-state index < -0.39 is 8.32 Å². The van der Waals surface area contributed by atoms with Crippen molar-refractivity contribution in [3.8, 4) is 0 Å². The monoisotopic (exact) mass is 327 g/mol. The maximum atomic E-state index is 6.85. The van der Waals surface area contributed by atoms with Gasteiger partial charge in [-0.1, -0.05) is 81.4 Å². The summed E-state index contributed by atoms with van der Waals surface area (Å²) in [6, 6.07) is 21.4. The molecule has 0 aromatic heterocycles. The van der Waals surface area contributed by atoms with E-state index in [9.17, 15) is 0 Å². The van der Waals surface area contributed by atoms with Gasteiger partial charge in [0.25, 0.3) is 8.32 Å². The molecule has 0 aliphatic heterocycles. The highest BCUT2D eigenvalue weighted by Gasteiger charge is 2.51. The summed E-state index contributed by atoms with van der Waals surface area (Å²) >= 11 is 0. The second kappa shape index (κ2) is 6.99. The van der Waals surface area contributed by atoms with Gasteiger partial charge in [-0.2, -0.15) is 0 Å². The van der Waals surface area contributed by atoms with Crippen LogP contribution in [-0.2, 0) is 4.43 Å². The molecule has 3 heteroatoms. The topological polar surface area (TPSA) is 35.2 Å². The van der Waals surface area contributed by atoms with Crippen LogP contribution < -0.4 is 16.1 Å². The van der Waals surface area contributed by atoms with E-state index in [4.69, 9.17) is 10.2 Å². The second-order valence-electron chi connectivity index (χ2n) is 7.35. The lowest BCUT2D eigenvalue weighted by Gasteiger charge is -2.45. The molecular weight excluding hydrogens is 298 g/mol. The van der Waals surface area contributed by atoms with Gasteiger partial charge < -0.3 is 10.2 Å². The van der Waals surface area contributed by atoms with Crippen LogP contribution in [0.25, 0.3) is 0 Å². The second-order valence-corrected chi connectivity index (χ2v) is 11.6. The molecule has 2 unspecified atom stereocenters. The predicted octanol–water partition coefficient (Wildman–Crippen LogP) is 3.30. The molecule has 0 bridgehead atoms. The minimum Gasteiger partial charge on any atom is -0.403 e. The molecule has 2 N–H and O–H groups in total. The highest BCUT2D eigenvalue weighted by molar-refractivity contribution is 6.99. The number of hydrogen-bond donors (Lipinski definition) is 1. The molecule has 0 saturated heterocycles. The minimum atomic E-state index is -2.46. The normalized spacial score (nSPS) is 15.2. The van der Waals surface area contributed by atoms with Crippen LogP contribution in [-0.4, -0.2) is 20.5 Å². The Morgan fingerprint density at radius 1 is 0.826 bits per heavy atom. The van der Waals surface area contributed by atoms with E-state index in [2.05, 4.69) is 88.4 Å². The number of nitrogens with two attached hydrogens (primary N) is 1. The summed E-state index contributed by atoms with van der Waals surface area (Å²) in [6.07, 6.45) is 0.00121. The van der Waals surface area contributed by atoms with Crippen LogP contribution in [0.3, 0.4) is 0 Å². The summed E-state index contributed by atoms with van der Waals surface area (Å²) in [4.78, 5) is 0. The fraction of sp³-hybridized carbons (Fsp3) is 0.400. The predicted molar refractivity (Wildman–Crippen MR) is 102 cm³/mol. The van der Waals surface area contributed by atoms with Crippen molar-refractivity contribution in [2.45, 2.75) is 51.8 Å². The van der Waals surface area contributed by atoms with E-state index in [-0.39, 0.29) is 17.2 Å². The quantitative estimate of drug-likeness (QED) is 0.855. The first-order valence-electron chi connectivity index (χ1n) is 8.33. The first-order chi connectivity index (χ1) is 10.8. The zero-order chi connectivity index (χ0) is 17.1. The molecule has 0 spiro atoms. The Labute approximate surface area is 141 Å². The Morgan fingerprint density at radius 3 is 1.52 bits per heavy atom. The largest absolute Gasteiger partial charge is 0.403 e. The maximum Gasteiger partial charge on any atom is 0.261 e. The Kier molecular flexibility index (Phi) is 5.45. The highest BCUT2D eigenvalue weighted by atomic mass is 28.4. The van der Waals surface area contributed by atoms with Crippen LogP contribution in [0.4, 0.5) is 0 Å². The SMILES string of the molecule is CC(N)C(C)O[Si](c1ccccc1)(c1ccccc1)C(C)(C)C. The van der Waals surface area contributed by atoms with E-state index in [0.717, 1.165) is 0 Å². The first-order valence-corrected chi connectivity index (χ1v) is 10.2. The standard InChI is InChI=1S/C20H29NOSi/c1-16(21)17(2)22-23(20(3,4)5,18-12-8-6-9-13-18)19-14-10-7-11-15-19/h6-17H,21H2,1-5H3. The summed E-state index contributed by atoms with van der Waals surface area (Å²) in [5.74, 6) is 0. The highest BCUT2D eigenvalue weighted by Crippen LogP contribution is 2.37. The molecule has 2 aromatic carbocycles. The number of rotatable bonds is 5. The van der Waals surface area contributed by atoms with Crippen molar-refractivity contribution in [2.75, 3.05) is 0 Å². The van der Waals surface area contributed by atoms with Crippen molar-refractivity contribution in [2.24, 2.45) is 5.73 Å².